The lowest BCUT2D eigenvalue weighted by molar-refractivity contribution is -0.146. The Labute approximate surface area is 95.9 Å². The van der Waals surface area contributed by atoms with Crippen molar-refractivity contribution in [1.29, 1.82) is 0 Å². The third-order valence-corrected chi connectivity index (χ3v) is 2.18. The molecule has 5 nitrogen and oxygen atoms in total. The van der Waals surface area contributed by atoms with Gasteiger partial charge in [-0.15, -0.1) is 12.3 Å². The van der Waals surface area contributed by atoms with Gasteiger partial charge in [-0.25, -0.2) is 0 Å². The first kappa shape index (κ1) is 14.5. The second-order valence-corrected chi connectivity index (χ2v) is 3.66. The summed E-state index contributed by atoms with van der Waals surface area (Å²) in [6, 6.07) is -0.708. The molecule has 0 aromatic rings. The molecule has 0 heterocycles. The van der Waals surface area contributed by atoms with Gasteiger partial charge in [0.2, 0.25) is 5.91 Å². The molecule has 16 heavy (non-hydrogen) atoms. The number of carbonyl (C=O) groups excluding carboxylic acids is 2. The Morgan fingerprint density at radius 2 is 2.12 bits per heavy atom. The molecule has 0 aliphatic rings. The minimum Gasteiger partial charge on any atom is -0.469 e. The van der Waals surface area contributed by atoms with Crippen molar-refractivity contribution >= 4 is 11.9 Å². The zero-order valence-corrected chi connectivity index (χ0v) is 9.90. The van der Waals surface area contributed by atoms with E-state index in [0.29, 0.717) is 0 Å². The zero-order chi connectivity index (χ0) is 12.7. The van der Waals surface area contributed by atoms with Gasteiger partial charge in [0.25, 0.3) is 0 Å². The Balaban J connectivity index is 4.25. The van der Waals surface area contributed by atoms with E-state index in [4.69, 9.17) is 12.2 Å². The van der Waals surface area contributed by atoms with E-state index in [1.165, 1.54) is 12.0 Å². The van der Waals surface area contributed by atoms with Gasteiger partial charge in [0.15, 0.2) is 0 Å². The number of nitrogens with two attached hydrogens (primary N) is 1. The van der Waals surface area contributed by atoms with E-state index in [2.05, 4.69) is 10.7 Å². The smallest absolute Gasteiger partial charge is 0.310 e. The lowest BCUT2D eigenvalue weighted by Crippen LogP contribution is -2.44. The monoisotopic (exact) mass is 226 g/mol. The summed E-state index contributed by atoms with van der Waals surface area (Å²) in [6.07, 6.45) is 5.25. The SMILES string of the molecule is C#CCC(N)C(=O)N(C)CC(C)C(=O)OC. The quantitative estimate of drug-likeness (QED) is 0.511. The van der Waals surface area contributed by atoms with Crippen LogP contribution in [0.1, 0.15) is 13.3 Å². The summed E-state index contributed by atoms with van der Waals surface area (Å²) in [4.78, 5) is 24.2. The van der Waals surface area contributed by atoms with Crippen LogP contribution in [-0.2, 0) is 14.3 Å². The first-order valence-electron chi connectivity index (χ1n) is 4.95. The predicted molar refractivity (Wildman–Crippen MR) is 60.2 cm³/mol. The van der Waals surface area contributed by atoms with Crippen molar-refractivity contribution in [3.8, 4) is 12.3 Å². The van der Waals surface area contributed by atoms with E-state index in [1.807, 2.05) is 0 Å². The largest absolute Gasteiger partial charge is 0.469 e. The highest BCUT2D eigenvalue weighted by Crippen LogP contribution is 2.03. The second kappa shape index (κ2) is 6.85. The molecule has 0 aromatic heterocycles. The molecule has 90 valence electrons. The van der Waals surface area contributed by atoms with Crippen molar-refractivity contribution < 1.29 is 14.3 Å². The number of carbonyl (C=O) groups is 2. The normalized spacial score (nSPS) is 13.4. The number of nitrogens with zero attached hydrogens (tertiary/aromatic N) is 1. The van der Waals surface area contributed by atoms with E-state index in [9.17, 15) is 9.59 Å². The van der Waals surface area contributed by atoms with Gasteiger partial charge < -0.3 is 15.4 Å². The zero-order valence-electron chi connectivity index (χ0n) is 9.90. The number of esters is 1. The van der Waals surface area contributed by atoms with Crippen LogP contribution in [0.25, 0.3) is 0 Å². The Morgan fingerprint density at radius 3 is 2.56 bits per heavy atom. The molecule has 5 heteroatoms. The van der Waals surface area contributed by atoms with Crippen molar-refractivity contribution in [3.05, 3.63) is 0 Å². The van der Waals surface area contributed by atoms with Crippen LogP contribution in [0, 0.1) is 18.3 Å². The average molecular weight is 226 g/mol. The summed E-state index contributed by atoms with van der Waals surface area (Å²) in [7, 11) is 2.89. The third-order valence-electron chi connectivity index (χ3n) is 2.18. The summed E-state index contributed by atoms with van der Waals surface area (Å²) in [6.45, 7) is 1.95. The first-order chi connectivity index (χ1) is 7.43. The number of methoxy groups -OCH3 is 1. The maximum absolute atomic E-state index is 11.6. The van der Waals surface area contributed by atoms with Crippen LogP contribution in [0.4, 0.5) is 0 Å². The maximum Gasteiger partial charge on any atom is 0.310 e. The van der Waals surface area contributed by atoms with Crippen molar-refractivity contribution in [3.63, 3.8) is 0 Å². The second-order valence-electron chi connectivity index (χ2n) is 3.66. The maximum atomic E-state index is 11.6. The van der Waals surface area contributed by atoms with Crippen LogP contribution in [0.5, 0.6) is 0 Å². The molecule has 0 saturated carbocycles. The van der Waals surface area contributed by atoms with Crippen molar-refractivity contribution in [1.82, 2.24) is 4.90 Å². The van der Waals surface area contributed by atoms with Crippen LogP contribution in [-0.4, -0.2) is 43.5 Å². The van der Waals surface area contributed by atoms with E-state index in [1.54, 1.807) is 14.0 Å². The lowest BCUT2D eigenvalue weighted by atomic mass is 10.1. The molecule has 2 unspecified atom stereocenters. The van der Waals surface area contributed by atoms with Crippen LogP contribution in [0.3, 0.4) is 0 Å². The summed E-state index contributed by atoms with van der Waals surface area (Å²) < 4.78 is 4.56. The van der Waals surface area contributed by atoms with Gasteiger partial charge >= 0.3 is 5.97 Å². The summed E-state index contributed by atoms with van der Waals surface area (Å²) >= 11 is 0. The number of ether oxygens (including phenoxy) is 1. The fourth-order valence-corrected chi connectivity index (χ4v) is 1.27. The topological polar surface area (TPSA) is 72.6 Å². The Morgan fingerprint density at radius 1 is 1.56 bits per heavy atom. The van der Waals surface area contributed by atoms with E-state index < -0.39 is 6.04 Å². The fraction of sp³-hybridized carbons (Fsp3) is 0.636. The van der Waals surface area contributed by atoms with Crippen molar-refractivity contribution in [2.75, 3.05) is 20.7 Å². The number of likely N-dealkylation sites (N-methyl/N-ethyl adjacent to an activating group) is 1. The molecule has 0 fully saturated rings. The molecule has 0 radical (unpaired) electrons. The molecule has 0 aliphatic heterocycles. The highest BCUT2D eigenvalue weighted by Gasteiger charge is 2.21. The van der Waals surface area contributed by atoms with Crippen molar-refractivity contribution in [2.24, 2.45) is 11.7 Å². The minimum absolute atomic E-state index is 0.190. The van der Waals surface area contributed by atoms with Gasteiger partial charge in [0.1, 0.15) is 0 Å². The molecule has 0 rings (SSSR count). The Hall–Kier alpha value is -1.54. The summed E-state index contributed by atoms with van der Waals surface area (Å²) in [5, 5.41) is 0. The van der Waals surface area contributed by atoms with Gasteiger partial charge in [0.05, 0.1) is 19.1 Å². The van der Waals surface area contributed by atoms with Crippen LogP contribution in [0.15, 0.2) is 0 Å². The summed E-state index contributed by atoms with van der Waals surface area (Å²) in [5.41, 5.74) is 5.56. The molecule has 0 saturated heterocycles. The van der Waals surface area contributed by atoms with Crippen LogP contribution in [0.2, 0.25) is 0 Å². The molecule has 2 atom stereocenters. The molecular formula is C11H18N2O3. The molecule has 0 aromatic carbocycles. The number of rotatable bonds is 5. The van der Waals surface area contributed by atoms with Gasteiger partial charge in [0, 0.05) is 20.0 Å². The van der Waals surface area contributed by atoms with Gasteiger partial charge in [-0.1, -0.05) is 6.92 Å². The Bertz CT molecular complexity index is 296. The third kappa shape index (κ3) is 4.32. The number of terminal acetylenes is 1. The fourth-order valence-electron chi connectivity index (χ4n) is 1.27. The average Bonchev–Trinajstić information content (AvgIpc) is 2.26. The number of hydrogen-bond acceptors (Lipinski definition) is 4. The predicted octanol–water partition coefficient (Wildman–Crippen LogP) is -0.395. The highest BCUT2D eigenvalue weighted by molar-refractivity contribution is 5.82. The molecule has 2 N–H and O–H groups in total. The standard InChI is InChI=1S/C11H18N2O3/c1-5-6-9(12)10(14)13(3)7-8(2)11(15)16-4/h1,8-9H,6-7,12H2,2-4H3. The molecule has 0 aliphatic carbocycles. The number of hydrogen-bond donors (Lipinski definition) is 1. The lowest BCUT2D eigenvalue weighted by Gasteiger charge is -2.22. The Kier molecular flexibility index (Phi) is 6.19. The van der Waals surface area contributed by atoms with Gasteiger partial charge in [-0.3, -0.25) is 9.59 Å². The van der Waals surface area contributed by atoms with Crippen molar-refractivity contribution in [2.45, 2.75) is 19.4 Å². The minimum atomic E-state index is -0.708. The highest BCUT2D eigenvalue weighted by atomic mass is 16.5. The summed E-state index contributed by atoms with van der Waals surface area (Å²) in [5.74, 6) is 1.32. The van der Waals surface area contributed by atoms with E-state index >= 15 is 0 Å². The first-order valence-corrected chi connectivity index (χ1v) is 4.95. The van der Waals surface area contributed by atoms with E-state index in [0.717, 1.165) is 0 Å². The van der Waals surface area contributed by atoms with Gasteiger partial charge in [-0.2, -0.15) is 0 Å². The molecular weight excluding hydrogens is 208 g/mol. The number of amides is 1. The van der Waals surface area contributed by atoms with Crippen LogP contribution < -0.4 is 5.73 Å². The van der Waals surface area contributed by atoms with E-state index in [-0.39, 0.29) is 30.8 Å². The molecule has 1 amide bonds. The van der Waals surface area contributed by atoms with Gasteiger partial charge in [-0.05, 0) is 0 Å². The van der Waals surface area contributed by atoms with Crippen LogP contribution >= 0.6 is 0 Å². The molecule has 0 spiro atoms. The molecule has 0 bridgehead atoms.